The van der Waals surface area contributed by atoms with Crippen LogP contribution in [-0.4, -0.2) is 11.0 Å². The minimum absolute atomic E-state index is 0.414. The average molecular weight is 347 g/mol. The number of thiocarbonyl (C=S) groups is 1. The number of hydrogen-bond acceptors (Lipinski definition) is 2. The third kappa shape index (κ3) is 2.72. The van der Waals surface area contributed by atoms with E-state index in [1.165, 1.54) is 5.56 Å². The van der Waals surface area contributed by atoms with E-state index in [0.29, 0.717) is 16.9 Å². The van der Waals surface area contributed by atoms with Crippen molar-refractivity contribution in [1.29, 1.82) is 0 Å². The van der Waals surface area contributed by atoms with Crippen molar-refractivity contribution in [2.75, 3.05) is 5.32 Å². The largest absolute Gasteiger partial charge is 0.389 e. The van der Waals surface area contributed by atoms with Gasteiger partial charge < -0.3 is 11.1 Å². The molecule has 1 fully saturated rings. The molecule has 0 bridgehead atoms. The van der Waals surface area contributed by atoms with Gasteiger partial charge in [-0.1, -0.05) is 48.6 Å². The van der Waals surface area contributed by atoms with E-state index in [2.05, 4.69) is 45.5 Å². The van der Waals surface area contributed by atoms with Crippen LogP contribution in [0.1, 0.15) is 23.5 Å². The maximum absolute atomic E-state index is 5.82. The number of halogens is 1. The molecule has 0 amide bonds. The number of nitrogens with one attached hydrogen (secondary N) is 1. The summed E-state index contributed by atoms with van der Waals surface area (Å²) >= 11 is 8.65. The summed E-state index contributed by atoms with van der Waals surface area (Å²) < 4.78 is 0.937. The van der Waals surface area contributed by atoms with Gasteiger partial charge in [-0.2, -0.15) is 0 Å². The maximum atomic E-state index is 5.82. The van der Waals surface area contributed by atoms with Gasteiger partial charge in [-0.25, -0.2) is 0 Å². The Morgan fingerprint density at radius 3 is 2.60 bits per heavy atom. The van der Waals surface area contributed by atoms with Gasteiger partial charge >= 0.3 is 0 Å². The molecule has 1 saturated carbocycles. The molecule has 2 aromatic rings. The van der Waals surface area contributed by atoms with Gasteiger partial charge in [-0.3, -0.25) is 0 Å². The van der Waals surface area contributed by atoms with Crippen LogP contribution in [0.25, 0.3) is 0 Å². The molecule has 0 aromatic heterocycles. The smallest absolute Gasteiger partial charge is 0.107 e. The number of hydrogen-bond donors (Lipinski definition) is 2. The molecule has 20 heavy (non-hydrogen) atoms. The minimum atomic E-state index is 0.414. The van der Waals surface area contributed by atoms with Gasteiger partial charge in [-0.05, 0) is 40.0 Å². The van der Waals surface area contributed by atoms with Crippen molar-refractivity contribution in [3.63, 3.8) is 0 Å². The van der Waals surface area contributed by atoms with Crippen LogP contribution in [0.5, 0.6) is 0 Å². The highest BCUT2D eigenvalue weighted by molar-refractivity contribution is 9.10. The Labute approximate surface area is 132 Å². The van der Waals surface area contributed by atoms with E-state index in [1.807, 2.05) is 24.3 Å². The van der Waals surface area contributed by atoms with Crippen LogP contribution < -0.4 is 11.1 Å². The zero-order valence-electron chi connectivity index (χ0n) is 10.8. The van der Waals surface area contributed by atoms with Crippen molar-refractivity contribution < 1.29 is 0 Å². The second kappa shape index (κ2) is 5.54. The number of benzene rings is 2. The van der Waals surface area contributed by atoms with Crippen LogP contribution in [0.2, 0.25) is 0 Å². The molecule has 0 saturated heterocycles. The van der Waals surface area contributed by atoms with Crippen LogP contribution in [0.4, 0.5) is 5.69 Å². The predicted octanol–water partition coefficient (Wildman–Crippen LogP) is 4.05. The Hall–Kier alpha value is -1.39. The molecule has 1 aliphatic carbocycles. The first-order chi connectivity index (χ1) is 9.66. The first kappa shape index (κ1) is 13.6. The molecular weight excluding hydrogens is 332 g/mol. The van der Waals surface area contributed by atoms with Gasteiger partial charge in [0.1, 0.15) is 4.99 Å². The number of anilines is 1. The fourth-order valence-corrected chi connectivity index (χ4v) is 3.45. The van der Waals surface area contributed by atoms with E-state index >= 15 is 0 Å². The Balaban J connectivity index is 1.78. The standard InChI is InChI=1S/C16H15BrN2S/c17-12-7-4-8-13(15(12)16(18)20)19-14-9-11(14)10-5-2-1-3-6-10/h1-8,11,14,19H,9H2,(H2,18,20). The quantitative estimate of drug-likeness (QED) is 0.820. The average Bonchev–Trinajstić information content (AvgIpc) is 3.18. The summed E-state index contributed by atoms with van der Waals surface area (Å²) in [5.41, 5.74) is 9.10. The lowest BCUT2D eigenvalue weighted by atomic mass is 10.1. The molecule has 2 atom stereocenters. The monoisotopic (exact) mass is 346 g/mol. The summed E-state index contributed by atoms with van der Waals surface area (Å²) in [4.78, 5) is 0.414. The van der Waals surface area contributed by atoms with Gasteiger partial charge in [0.05, 0.1) is 0 Å². The minimum Gasteiger partial charge on any atom is -0.389 e. The van der Waals surface area contributed by atoms with Crippen molar-refractivity contribution in [2.45, 2.75) is 18.4 Å². The fraction of sp³-hybridized carbons (Fsp3) is 0.188. The Bertz CT molecular complexity index is 642. The van der Waals surface area contributed by atoms with Crippen molar-refractivity contribution in [3.8, 4) is 0 Å². The third-order valence-corrected chi connectivity index (χ3v) is 4.48. The Morgan fingerprint density at radius 2 is 1.90 bits per heavy atom. The number of rotatable bonds is 4. The van der Waals surface area contributed by atoms with Crippen molar-refractivity contribution in [2.24, 2.45) is 5.73 Å². The van der Waals surface area contributed by atoms with Gasteiger partial charge in [0.25, 0.3) is 0 Å². The van der Waals surface area contributed by atoms with Gasteiger partial charge in [0.15, 0.2) is 0 Å². The van der Waals surface area contributed by atoms with E-state index in [-0.39, 0.29) is 0 Å². The topological polar surface area (TPSA) is 38.0 Å². The normalized spacial score (nSPS) is 20.4. The molecule has 2 nitrogen and oxygen atoms in total. The van der Waals surface area contributed by atoms with E-state index in [9.17, 15) is 0 Å². The molecule has 0 spiro atoms. The molecule has 2 aromatic carbocycles. The van der Waals surface area contributed by atoms with Crippen LogP contribution in [0.3, 0.4) is 0 Å². The van der Waals surface area contributed by atoms with Crippen LogP contribution >= 0.6 is 28.1 Å². The summed E-state index contributed by atoms with van der Waals surface area (Å²) in [6, 6.07) is 17.0. The van der Waals surface area contributed by atoms with Gasteiger partial charge in [-0.15, -0.1) is 0 Å². The molecule has 2 unspecified atom stereocenters. The van der Waals surface area contributed by atoms with Crippen molar-refractivity contribution >= 4 is 38.8 Å². The van der Waals surface area contributed by atoms with Gasteiger partial charge in [0, 0.05) is 27.7 Å². The summed E-state index contributed by atoms with van der Waals surface area (Å²) in [6.45, 7) is 0. The van der Waals surface area contributed by atoms with Crippen molar-refractivity contribution in [3.05, 3.63) is 64.1 Å². The molecule has 0 heterocycles. The summed E-state index contributed by atoms with van der Waals surface area (Å²) in [7, 11) is 0. The highest BCUT2D eigenvalue weighted by atomic mass is 79.9. The highest BCUT2D eigenvalue weighted by Gasteiger charge is 2.38. The van der Waals surface area contributed by atoms with Crippen LogP contribution in [-0.2, 0) is 0 Å². The first-order valence-corrected chi connectivity index (χ1v) is 7.76. The predicted molar refractivity (Wildman–Crippen MR) is 91.2 cm³/mol. The molecule has 0 aliphatic heterocycles. The molecular formula is C16H15BrN2S. The molecule has 0 radical (unpaired) electrons. The van der Waals surface area contributed by atoms with E-state index in [4.69, 9.17) is 18.0 Å². The zero-order valence-corrected chi connectivity index (χ0v) is 13.2. The maximum Gasteiger partial charge on any atom is 0.107 e. The SMILES string of the molecule is NC(=S)c1c(Br)cccc1NC1CC1c1ccccc1. The zero-order chi connectivity index (χ0) is 14.1. The Morgan fingerprint density at radius 1 is 1.15 bits per heavy atom. The van der Waals surface area contributed by atoms with E-state index in [1.54, 1.807) is 0 Å². The first-order valence-electron chi connectivity index (χ1n) is 6.56. The molecule has 102 valence electrons. The summed E-state index contributed by atoms with van der Waals surface area (Å²) in [5, 5.41) is 3.56. The fourth-order valence-electron chi connectivity index (χ4n) is 2.52. The molecule has 1 aliphatic rings. The lowest BCUT2D eigenvalue weighted by molar-refractivity contribution is 1.04. The summed E-state index contributed by atoms with van der Waals surface area (Å²) in [6.07, 6.45) is 1.15. The second-order valence-corrected chi connectivity index (χ2v) is 6.32. The summed E-state index contributed by atoms with van der Waals surface area (Å²) in [5.74, 6) is 0.578. The molecule has 4 heteroatoms. The lowest BCUT2D eigenvalue weighted by Gasteiger charge is -2.12. The second-order valence-electron chi connectivity index (χ2n) is 5.03. The van der Waals surface area contributed by atoms with Gasteiger partial charge in [0.2, 0.25) is 0 Å². The van der Waals surface area contributed by atoms with E-state index in [0.717, 1.165) is 22.1 Å². The van der Waals surface area contributed by atoms with E-state index < -0.39 is 0 Å². The molecule has 3 N–H and O–H groups in total. The van der Waals surface area contributed by atoms with Crippen LogP contribution in [0, 0.1) is 0 Å². The third-order valence-electron chi connectivity index (χ3n) is 3.62. The lowest BCUT2D eigenvalue weighted by Crippen LogP contribution is -2.15. The van der Waals surface area contributed by atoms with Crippen LogP contribution in [0.15, 0.2) is 53.0 Å². The molecule has 3 rings (SSSR count). The number of nitrogens with two attached hydrogens (primary N) is 1. The Kier molecular flexibility index (Phi) is 3.76. The highest BCUT2D eigenvalue weighted by Crippen LogP contribution is 2.43. The van der Waals surface area contributed by atoms with Crippen molar-refractivity contribution in [1.82, 2.24) is 0 Å².